The standard InChI is InChI=1S/C21H27NO6S2/c1-22-14-17-13-18(27-11-4-12-28-30(3,25)26)7-10-20(17)21(15-22)16-5-8-19(9-6-16)29(2,23)24/h5-10,13,21H,4,11-12,14-15H2,1-3H3. The van der Waals surface area contributed by atoms with Gasteiger partial charge in [-0.25, -0.2) is 8.42 Å². The molecule has 3 rings (SSSR count). The summed E-state index contributed by atoms with van der Waals surface area (Å²) >= 11 is 0. The molecule has 7 nitrogen and oxygen atoms in total. The number of fused-ring (bicyclic) bond motifs is 1. The molecule has 0 fully saturated rings. The van der Waals surface area contributed by atoms with Gasteiger partial charge in [0.2, 0.25) is 0 Å². The van der Waals surface area contributed by atoms with Gasteiger partial charge in [-0.1, -0.05) is 18.2 Å². The van der Waals surface area contributed by atoms with Crippen molar-refractivity contribution in [2.75, 3.05) is 39.3 Å². The molecule has 0 amide bonds. The van der Waals surface area contributed by atoms with Gasteiger partial charge in [-0.3, -0.25) is 4.18 Å². The summed E-state index contributed by atoms with van der Waals surface area (Å²) in [6.45, 7) is 2.09. The summed E-state index contributed by atoms with van der Waals surface area (Å²) in [5, 5.41) is 0. The lowest BCUT2D eigenvalue weighted by molar-refractivity contribution is 0.250. The van der Waals surface area contributed by atoms with Crippen molar-refractivity contribution < 1.29 is 25.8 Å². The zero-order valence-electron chi connectivity index (χ0n) is 17.4. The molecular weight excluding hydrogens is 426 g/mol. The minimum atomic E-state index is -3.43. The van der Waals surface area contributed by atoms with Crippen LogP contribution in [0.3, 0.4) is 0 Å². The van der Waals surface area contributed by atoms with E-state index < -0.39 is 20.0 Å². The monoisotopic (exact) mass is 453 g/mol. The molecule has 9 heteroatoms. The smallest absolute Gasteiger partial charge is 0.264 e. The molecule has 0 radical (unpaired) electrons. The molecule has 30 heavy (non-hydrogen) atoms. The zero-order chi connectivity index (χ0) is 21.9. The van der Waals surface area contributed by atoms with E-state index in [0.29, 0.717) is 17.9 Å². The van der Waals surface area contributed by atoms with Gasteiger partial charge in [0.15, 0.2) is 9.84 Å². The highest BCUT2D eigenvalue weighted by Gasteiger charge is 2.25. The Balaban J connectivity index is 1.72. The van der Waals surface area contributed by atoms with E-state index in [9.17, 15) is 16.8 Å². The molecule has 2 aromatic rings. The van der Waals surface area contributed by atoms with E-state index in [1.54, 1.807) is 12.1 Å². The van der Waals surface area contributed by atoms with Gasteiger partial charge in [0.05, 0.1) is 24.4 Å². The maximum Gasteiger partial charge on any atom is 0.264 e. The van der Waals surface area contributed by atoms with Crippen molar-refractivity contribution in [1.82, 2.24) is 4.90 Å². The third-order valence-corrected chi connectivity index (χ3v) is 6.71. The Hall–Kier alpha value is -1.94. The fourth-order valence-electron chi connectivity index (χ4n) is 3.61. The van der Waals surface area contributed by atoms with Gasteiger partial charge < -0.3 is 9.64 Å². The molecule has 1 unspecified atom stereocenters. The van der Waals surface area contributed by atoms with E-state index >= 15 is 0 Å². The SMILES string of the molecule is CN1Cc2cc(OCCCOS(C)(=O)=O)ccc2C(c2ccc(S(C)(=O)=O)cc2)C1. The third-order valence-electron chi connectivity index (χ3n) is 4.99. The number of hydrogen-bond donors (Lipinski definition) is 0. The molecule has 0 saturated heterocycles. The van der Waals surface area contributed by atoms with E-state index in [2.05, 4.69) is 18.0 Å². The second kappa shape index (κ2) is 9.05. The molecule has 164 valence electrons. The van der Waals surface area contributed by atoms with Crippen LogP contribution in [-0.2, 0) is 30.7 Å². The first kappa shape index (κ1) is 22.7. The number of ether oxygens (including phenoxy) is 1. The fraction of sp³-hybridized carbons (Fsp3) is 0.429. The van der Waals surface area contributed by atoms with Gasteiger partial charge in [0, 0.05) is 31.7 Å². The first-order valence-corrected chi connectivity index (χ1v) is 13.3. The summed E-state index contributed by atoms with van der Waals surface area (Å²) in [7, 11) is -4.59. The van der Waals surface area contributed by atoms with Crippen molar-refractivity contribution >= 4 is 20.0 Å². The maximum absolute atomic E-state index is 11.7. The van der Waals surface area contributed by atoms with Crippen LogP contribution in [0, 0.1) is 0 Å². The number of sulfone groups is 1. The quantitative estimate of drug-likeness (QED) is 0.448. The third kappa shape index (κ3) is 6.04. The molecule has 2 aromatic carbocycles. The van der Waals surface area contributed by atoms with Crippen molar-refractivity contribution in [2.45, 2.75) is 23.8 Å². The van der Waals surface area contributed by atoms with Crippen molar-refractivity contribution in [1.29, 1.82) is 0 Å². The predicted molar refractivity (Wildman–Crippen MR) is 115 cm³/mol. The topological polar surface area (TPSA) is 90.0 Å². The van der Waals surface area contributed by atoms with E-state index in [1.165, 1.54) is 11.8 Å². The average Bonchev–Trinajstić information content (AvgIpc) is 2.65. The molecule has 0 aromatic heterocycles. The minimum absolute atomic E-state index is 0.0953. The first-order chi connectivity index (χ1) is 14.0. The summed E-state index contributed by atoms with van der Waals surface area (Å²) in [6.07, 6.45) is 2.71. The zero-order valence-corrected chi connectivity index (χ0v) is 19.0. The molecular formula is C21H27NO6S2. The fourth-order valence-corrected chi connectivity index (χ4v) is 4.66. The highest BCUT2D eigenvalue weighted by atomic mass is 32.2. The maximum atomic E-state index is 11.7. The Morgan fingerprint density at radius 1 is 1.00 bits per heavy atom. The van der Waals surface area contributed by atoms with Crippen LogP contribution >= 0.6 is 0 Å². The van der Waals surface area contributed by atoms with Crippen molar-refractivity contribution in [2.24, 2.45) is 0 Å². The lowest BCUT2D eigenvalue weighted by atomic mass is 9.85. The average molecular weight is 454 g/mol. The van der Waals surface area contributed by atoms with Gasteiger partial charge >= 0.3 is 0 Å². The molecule has 1 heterocycles. The number of likely N-dealkylation sites (N-methyl/N-ethyl adjacent to an activating group) is 1. The van der Waals surface area contributed by atoms with E-state index in [4.69, 9.17) is 8.92 Å². The Kier molecular flexibility index (Phi) is 6.86. The second-order valence-corrected chi connectivity index (χ2v) is 11.3. The summed E-state index contributed by atoms with van der Waals surface area (Å²) in [5.41, 5.74) is 3.43. The molecule has 0 saturated carbocycles. The van der Waals surface area contributed by atoms with Crippen LogP contribution in [0.1, 0.15) is 29.0 Å². The second-order valence-electron chi connectivity index (χ2n) is 7.68. The van der Waals surface area contributed by atoms with Crippen LogP contribution < -0.4 is 4.74 Å². The Morgan fingerprint density at radius 3 is 2.33 bits per heavy atom. The molecule has 0 spiro atoms. The van der Waals surface area contributed by atoms with Crippen molar-refractivity contribution in [3.63, 3.8) is 0 Å². The largest absolute Gasteiger partial charge is 0.493 e. The summed E-state index contributed by atoms with van der Waals surface area (Å²) < 4.78 is 55.9. The molecule has 1 aliphatic rings. The van der Waals surface area contributed by atoms with Gasteiger partial charge in [-0.15, -0.1) is 0 Å². The van der Waals surface area contributed by atoms with Crippen LogP contribution in [0.2, 0.25) is 0 Å². The summed E-state index contributed by atoms with van der Waals surface area (Å²) in [5.74, 6) is 0.874. The van der Waals surface area contributed by atoms with E-state index in [0.717, 1.165) is 36.2 Å². The highest BCUT2D eigenvalue weighted by Crippen LogP contribution is 2.35. The normalized spacial score (nSPS) is 17.5. The first-order valence-electron chi connectivity index (χ1n) is 9.61. The Labute approximate surface area is 178 Å². The van der Waals surface area contributed by atoms with Crippen LogP contribution in [0.25, 0.3) is 0 Å². The molecule has 0 aliphatic carbocycles. The predicted octanol–water partition coefficient (Wildman–Crippen LogP) is 2.41. The van der Waals surface area contributed by atoms with Crippen LogP contribution in [0.4, 0.5) is 0 Å². The molecule has 0 N–H and O–H groups in total. The van der Waals surface area contributed by atoms with Gasteiger partial charge in [0.1, 0.15) is 5.75 Å². The highest BCUT2D eigenvalue weighted by molar-refractivity contribution is 7.90. The number of benzene rings is 2. The Bertz CT molecular complexity index is 1090. The van der Waals surface area contributed by atoms with Gasteiger partial charge in [-0.2, -0.15) is 8.42 Å². The number of hydrogen-bond acceptors (Lipinski definition) is 7. The number of nitrogens with zero attached hydrogens (tertiary/aromatic N) is 1. The number of rotatable bonds is 8. The van der Waals surface area contributed by atoms with Gasteiger partial charge in [0.25, 0.3) is 10.1 Å². The Morgan fingerprint density at radius 2 is 1.70 bits per heavy atom. The lowest BCUT2D eigenvalue weighted by Gasteiger charge is -2.33. The van der Waals surface area contributed by atoms with Gasteiger partial charge in [-0.05, 0) is 48.0 Å². The summed E-state index contributed by atoms with van der Waals surface area (Å²) in [6, 6.07) is 13.1. The molecule has 1 aliphatic heterocycles. The van der Waals surface area contributed by atoms with Crippen molar-refractivity contribution in [3.8, 4) is 5.75 Å². The lowest BCUT2D eigenvalue weighted by Crippen LogP contribution is -2.31. The van der Waals surface area contributed by atoms with Crippen molar-refractivity contribution in [3.05, 3.63) is 59.2 Å². The minimum Gasteiger partial charge on any atom is -0.493 e. The van der Waals surface area contributed by atoms with Crippen LogP contribution in [-0.4, -0.2) is 61.1 Å². The van der Waals surface area contributed by atoms with E-state index in [1.807, 2.05) is 24.3 Å². The van der Waals surface area contributed by atoms with E-state index in [-0.39, 0.29) is 12.5 Å². The van der Waals surface area contributed by atoms with Crippen LogP contribution in [0.15, 0.2) is 47.4 Å². The van der Waals surface area contributed by atoms with Crippen LogP contribution in [0.5, 0.6) is 5.75 Å². The molecule has 0 bridgehead atoms. The summed E-state index contributed by atoms with van der Waals surface area (Å²) in [4.78, 5) is 2.54. The molecule has 1 atom stereocenters.